The van der Waals surface area contributed by atoms with Crippen LogP contribution < -0.4 is 5.76 Å². The second-order valence-corrected chi connectivity index (χ2v) is 3.50. The van der Waals surface area contributed by atoms with E-state index in [4.69, 9.17) is 0 Å². The number of amides is 1. The van der Waals surface area contributed by atoms with Crippen LogP contribution in [0.5, 0.6) is 0 Å². The number of aromatic nitrogens is 3. The number of carbonyl (C=O) groups excluding carboxylic acids is 1. The lowest BCUT2D eigenvalue weighted by molar-refractivity contribution is 0.217. The molecule has 7 nitrogen and oxygen atoms in total. The first-order chi connectivity index (χ1) is 8.11. The van der Waals surface area contributed by atoms with Gasteiger partial charge in [-0.1, -0.05) is 11.2 Å². The van der Waals surface area contributed by atoms with Crippen LogP contribution in [0, 0.1) is 0 Å². The number of carbonyl (C=O) groups is 1. The van der Waals surface area contributed by atoms with Crippen molar-refractivity contribution in [2.75, 3.05) is 14.1 Å². The lowest BCUT2D eigenvalue weighted by atomic mass is 10.3. The summed E-state index contributed by atoms with van der Waals surface area (Å²) in [4.78, 5) is 28.5. The monoisotopic (exact) mass is 234 g/mol. The molecule has 0 aliphatic rings. The number of pyridine rings is 1. The minimum atomic E-state index is -0.829. The van der Waals surface area contributed by atoms with Gasteiger partial charge in [-0.3, -0.25) is 9.51 Å². The first-order valence-corrected chi connectivity index (χ1v) is 4.83. The van der Waals surface area contributed by atoms with Crippen molar-refractivity contribution in [1.82, 2.24) is 19.6 Å². The van der Waals surface area contributed by atoms with Gasteiger partial charge in [0.1, 0.15) is 5.69 Å². The van der Waals surface area contributed by atoms with Crippen LogP contribution in [0.15, 0.2) is 33.7 Å². The second kappa shape index (κ2) is 4.20. The summed E-state index contributed by atoms with van der Waals surface area (Å²) in [7, 11) is 3.06. The van der Waals surface area contributed by atoms with Crippen LogP contribution in [-0.4, -0.2) is 39.7 Å². The average Bonchev–Trinajstić information content (AvgIpc) is 2.71. The summed E-state index contributed by atoms with van der Waals surface area (Å²) in [6.07, 6.45) is 1.54. The number of hydrogen-bond acceptors (Lipinski definition) is 5. The van der Waals surface area contributed by atoms with Crippen molar-refractivity contribution in [3.63, 3.8) is 0 Å². The molecule has 0 fully saturated rings. The average molecular weight is 234 g/mol. The smallest absolute Gasteiger partial charge is 0.330 e. The molecule has 0 radical (unpaired) electrons. The number of hydrogen-bond donors (Lipinski definition) is 0. The predicted molar refractivity (Wildman–Crippen MR) is 58.5 cm³/mol. The molecule has 2 heterocycles. The molecule has 0 aliphatic heterocycles. The van der Waals surface area contributed by atoms with E-state index in [0.29, 0.717) is 5.69 Å². The summed E-state index contributed by atoms with van der Waals surface area (Å²) in [6.45, 7) is 0. The van der Waals surface area contributed by atoms with E-state index in [0.717, 1.165) is 4.57 Å². The van der Waals surface area contributed by atoms with E-state index in [1.165, 1.54) is 19.0 Å². The van der Waals surface area contributed by atoms with Gasteiger partial charge in [0.05, 0.1) is 0 Å². The zero-order valence-electron chi connectivity index (χ0n) is 9.32. The van der Waals surface area contributed by atoms with Gasteiger partial charge < -0.3 is 4.90 Å². The Labute approximate surface area is 96.3 Å². The molecular formula is C10H10N4O3. The highest BCUT2D eigenvalue weighted by Crippen LogP contribution is 2.11. The highest BCUT2D eigenvalue weighted by atomic mass is 16.5. The van der Waals surface area contributed by atoms with E-state index in [9.17, 15) is 9.59 Å². The van der Waals surface area contributed by atoms with E-state index in [-0.39, 0.29) is 5.82 Å². The first-order valence-electron chi connectivity index (χ1n) is 4.83. The van der Waals surface area contributed by atoms with Gasteiger partial charge in [0, 0.05) is 20.3 Å². The Balaban J connectivity index is 2.58. The van der Waals surface area contributed by atoms with Crippen LogP contribution in [-0.2, 0) is 0 Å². The standard InChI is InChI=1S/C10H10N4O3/c1-13(2)9(15)14-8(12-17-10(14)16)7-5-3-4-6-11-7/h3-6H,1-2H3. The highest BCUT2D eigenvalue weighted by molar-refractivity contribution is 5.79. The second-order valence-electron chi connectivity index (χ2n) is 3.50. The fraction of sp³-hybridized carbons (Fsp3) is 0.200. The Bertz CT molecular complexity index is 585. The maximum absolute atomic E-state index is 11.8. The van der Waals surface area contributed by atoms with E-state index in [1.807, 2.05) is 0 Å². The van der Waals surface area contributed by atoms with Crippen molar-refractivity contribution in [1.29, 1.82) is 0 Å². The topological polar surface area (TPSA) is 81.2 Å². The van der Waals surface area contributed by atoms with Crippen LogP contribution in [0.2, 0.25) is 0 Å². The van der Waals surface area contributed by atoms with Crippen molar-refractivity contribution in [3.05, 3.63) is 34.9 Å². The van der Waals surface area contributed by atoms with E-state index < -0.39 is 11.8 Å². The molecule has 0 N–H and O–H groups in total. The van der Waals surface area contributed by atoms with Crippen LogP contribution in [0.1, 0.15) is 0 Å². The molecule has 2 rings (SSSR count). The molecule has 88 valence electrons. The van der Waals surface area contributed by atoms with Gasteiger partial charge in [-0.2, -0.15) is 4.57 Å². The molecule has 7 heteroatoms. The molecule has 0 saturated carbocycles. The van der Waals surface area contributed by atoms with Gasteiger partial charge in [0.25, 0.3) is 0 Å². The maximum atomic E-state index is 11.8. The molecule has 0 spiro atoms. The molecule has 2 aromatic heterocycles. The Kier molecular flexibility index (Phi) is 2.73. The van der Waals surface area contributed by atoms with Gasteiger partial charge in [-0.05, 0) is 12.1 Å². The summed E-state index contributed by atoms with van der Waals surface area (Å²) < 4.78 is 5.33. The molecule has 2 aromatic rings. The largest absolute Gasteiger partial charge is 0.450 e. The van der Waals surface area contributed by atoms with Crippen molar-refractivity contribution < 1.29 is 9.32 Å². The van der Waals surface area contributed by atoms with Crippen LogP contribution in [0.25, 0.3) is 11.5 Å². The lowest BCUT2D eigenvalue weighted by Crippen LogP contribution is -2.33. The molecule has 0 atom stereocenters. The zero-order chi connectivity index (χ0) is 12.4. The molecule has 0 saturated heterocycles. The summed E-state index contributed by atoms with van der Waals surface area (Å²) in [5.74, 6) is -0.737. The van der Waals surface area contributed by atoms with Crippen molar-refractivity contribution in [3.8, 4) is 11.5 Å². The Hall–Kier alpha value is -2.44. The third-order valence-electron chi connectivity index (χ3n) is 2.07. The molecule has 0 aromatic carbocycles. The van der Waals surface area contributed by atoms with Gasteiger partial charge in [0.15, 0.2) is 0 Å². The van der Waals surface area contributed by atoms with Gasteiger partial charge in [-0.15, -0.1) is 0 Å². The molecule has 0 unspecified atom stereocenters. The Morgan fingerprint density at radius 1 is 1.41 bits per heavy atom. The third-order valence-corrected chi connectivity index (χ3v) is 2.07. The first kappa shape index (κ1) is 11.1. The van der Waals surface area contributed by atoms with Crippen molar-refractivity contribution in [2.45, 2.75) is 0 Å². The fourth-order valence-corrected chi connectivity index (χ4v) is 1.28. The maximum Gasteiger partial charge on any atom is 0.450 e. The Morgan fingerprint density at radius 3 is 2.76 bits per heavy atom. The van der Waals surface area contributed by atoms with Gasteiger partial charge in [0.2, 0.25) is 5.82 Å². The minimum absolute atomic E-state index is 0.0919. The molecule has 1 amide bonds. The molecular weight excluding hydrogens is 224 g/mol. The summed E-state index contributed by atoms with van der Waals surface area (Å²) in [5, 5.41) is 3.55. The predicted octanol–water partition coefficient (Wildman–Crippen LogP) is 0.428. The van der Waals surface area contributed by atoms with Crippen molar-refractivity contribution in [2.24, 2.45) is 0 Å². The molecule has 0 aliphatic carbocycles. The van der Waals surface area contributed by atoms with Crippen LogP contribution in [0.4, 0.5) is 4.79 Å². The molecule has 0 bridgehead atoms. The van der Waals surface area contributed by atoms with Crippen LogP contribution in [0.3, 0.4) is 0 Å². The fourth-order valence-electron chi connectivity index (χ4n) is 1.28. The lowest BCUT2D eigenvalue weighted by Gasteiger charge is -2.09. The van der Waals surface area contributed by atoms with Gasteiger partial charge >= 0.3 is 11.8 Å². The normalized spacial score (nSPS) is 10.2. The Morgan fingerprint density at radius 2 is 2.18 bits per heavy atom. The quantitative estimate of drug-likeness (QED) is 0.714. The van der Waals surface area contributed by atoms with E-state index >= 15 is 0 Å². The molecule has 17 heavy (non-hydrogen) atoms. The summed E-state index contributed by atoms with van der Waals surface area (Å²) in [5.41, 5.74) is 0.397. The summed E-state index contributed by atoms with van der Waals surface area (Å²) >= 11 is 0. The van der Waals surface area contributed by atoms with E-state index in [1.54, 1.807) is 24.4 Å². The highest BCUT2D eigenvalue weighted by Gasteiger charge is 2.20. The van der Waals surface area contributed by atoms with Gasteiger partial charge in [-0.25, -0.2) is 9.59 Å². The number of rotatable bonds is 1. The number of nitrogens with zero attached hydrogens (tertiary/aromatic N) is 4. The SMILES string of the molecule is CN(C)C(=O)n1c(-c2ccccn2)noc1=O. The summed E-state index contributed by atoms with van der Waals surface area (Å²) in [6, 6.07) is 4.56. The minimum Gasteiger partial charge on any atom is -0.330 e. The third kappa shape index (κ3) is 1.94. The van der Waals surface area contributed by atoms with E-state index in [2.05, 4.69) is 14.7 Å². The van der Waals surface area contributed by atoms with Crippen LogP contribution >= 0.6 is 0 Å². The van der Waals surface area contributed by atoms with Crippen molar-refractivity contribution >= 4 is 6.03 Å². The zero-order valence-corrected chi connectivity index (χ0v) is 9.32.